The molecule has 0 bridgehead atoms. The van der Waals surface area contributed by atoms with Gasteiger partial charge in [0.2, 0.25) is 6.79 Å². The Morgan fingerprint density at radius 1 is 1.21 bits per heavy atom. The van der Waals surface area contributed by atoms with E-state index in [2.05, 4.69) is 5.32 Å². The molecule has 0 saturated carbocycles. The van der Waals surface area contributed by atoms with E-state index < -0.39 is 10.8 Å². The Morgan fingerprint density at radius 3 is 2.86 bits per heavy atom. The van der Waals surface area contributed by atoms with Crippen LogP contribution in [0, 0.1) is 17.0 Å². The first-order chi connectivity index (χ1) is 14.0. The molecule has 2 aromatic carbocycles. The fraction of sp³-hybridized carbons (Fsp3) is 0.150. The molecule has 1 aromatic heterocycles. The van der Waals surface area contributed by atoms with Crippen LogP contribution in [0.4, 0.5) is 11.4 Å². The number of benzene rings is 2. The summed E-state index contributed by atoms with van der Waals surface area (Å²) in [5, 5.41) is 15.6. The highest BCUT2D eigenvalue weighted by Crippen LogP contribution is 2.35. The van der Waals surface area contributed by atoms with Gasteiger partial charge in [0, 0.05) is 17.7 Å². The number of hydrogen-bond acceptors (Lipinski definition) is 7. The van der Waals surface area contributed by atoms with Gasteiger partial charge in [0.1, 0.15) is 18.0 Å². The van der Waals surface area contributed by atoms with Crippen LogP contribution in [0.3, 0.4) is 0 Å². The molecule has 1 amide bonds. The first-order valence-electron chi connectivity index (χ1n) is 8.66. The molecular formula is C20H16N2O6S. The van der Waals surface area contributed by atoms with Crippen LogP contribution in [0.2, 0.25) is 0 Å². The molecule has 1 aliphatic heterocycles. The summed E-state index contributed by atoms with van der Waals surface area (Å²) in [6, 6.07) is 11.7. The van der Waals surface area contributed by atoms with E-state index >= 15 is 0 Å². The van der Waals surface area contributed by atoms with Gasteiger partial charge in [-0.15, -0.1) is 11.3 Å². The molecule has 1 N–H and O–H groups in total. The van der Waals surface area contributed by atoms with Gasteiger partial charge in [-0.3, -0.25) is 14.9 Å². The molecule has 2 heterocycles. The second-order valence-electron chi connectivity index (χ2n) is 6.35. The highest BCUT2D eigenvalue weighted by Gasteiger charge is 2.18. The quantitative estimate of drug-likeness (QED) is 0.472. The van der Waals surface area contributed by atoms with Gasteiger partial charge in [-0.25, -0.2) is 0 Å². The Morgan fingerprint density at radius 2 is 2.03 bits per heavy atom. The molecule has 0 spiro atoms. The number of hydrogen-bond donors (Lipinski definition) is 1. The Kier molecular flexibility index (Phi) is 5.05. The predicted octanol–water partition coefficient (Wildman–Crippen LogP) is 4.52. The van der Waals surface area contributed by atoms with Crippen molar-refractivity contribution in [2.45, 2.75) is 13.5 Å². The third-order valence-electron chi connectivity index (χ3n) is 4.23. The smallest absolute Gasteiger partial charge is 0.293 e. The average Bonchev–Trinajstić information content (AvgIpc) is 3.36. The number of nitrogens with one attached hydrogen (secondary N) is 1. The number of rotatable bonds is 6. The van der Waals surface area contributed by atoms with E-state index in [9.17, 15) is 14.9 Å². The maximum atomic E-state index is 12.5. The lowest BCUT2D eigenvalue weighted by Crippen LogP contribution is -2.11. The summed E-state index contributed by atoms with van der Waals surface area (Å²) < 4.78 is 16.3. The second kappa shape index (κ2) is 7.80. The van der Waals surface area contributed by atoms with Gasteiger partial charge in [-0.1, -0.05) is 6.07 Å². The van der Waals surface area contributed by atoms with Crippen molar-refractivity contribution in [1.82, 2.24) is 0 Å². The van der Waals surface area contributed by atoms with Crippen molar-refractivity contribution in [3.05, 3.63) is 74.0 Å². The lowest BCUT2D eigenvalue weighted by Gasteiger charge is -2.06. The number of anilines is 1. The summed E-state index contributed by atoms with van der Waals surface area (Å²) in [6.45, 7) is 2.22. The molecular weight excluding hydrogens is 396 g/mol. The highest BCUT2D eigenvalue weighted by molar-refractivity contribution is 7.12. The average molecular weight is 412 g/mol. The van der Waals surface area contributed by atoms with E-state index in [0.717, 1.165) is 11.1 Å². The molecule has 0 atom stereocenters. The van der Waals surface area contributed by atoms with E-state index in [1.54, 1.807) is 37.3 Å². The van der Waals surface area contributed by atoms with Crippen molar-refractivity contribution >= 4 is 28.6 Å². The first-order valence-corrected chi connectivity index (χ1v) is 9.54. The standard InChI is InChI=1S/C20H16N2O6S/c1-12-2-4-15(16(6-12)22(24)25)21-20(23)19-7-13(10-29-19)9-26-14-3-5-17-18(8-14)28-11-27-17/h2-8,10H,9,11H2,1H3,(H,21,23). The molecule has 0 unspecified atom stereocenters. The van der Waals surface area contributed by atoms with Gasteiger partial charge in [0.15, 0.2) is 11.5 Å². The first kappa shape index (κ1) is 18.8. The number of carbonyl (C=O) groups is 1. The van der Waals surface area contributed by atoms with Crippen LogP contribution in [-0.4, -0.2) is 17.6 Å². The number of fused-ring (bicyclic) bond motifs is 1. The lowest BCUT2D eigenvalue weighted by molar-refractivity contribution is -0.384. The zero-order valence-electron chi connectivity index (χ0n) is 15.3. The molecule has 1 aliphatic rings. The Balaban J connectivity index is 1.41. The molecule has 29 heavy (non-hydrogen) atoms. The van der Waals surface area contributed by atoms with E-state index in [1.807, 2.05) is 5.38 Å². The number of carbonyl (C=O) groups excluding carboxylic acids is 1. The number of nitro groups is 1. The maximum Gasteiger partial charge on any atom is 0.293 e. The number of aryl methyl sites for hydroxylation is 1. The fourth-order valence-corrected chi connectivity index (χ4v) is 3.58. The molecule has 0 fully saturated rings. The Labute approximate surface area is 169 Å². The zero-order valence-corrected chi connectivity index (χ0v) is 16.2. The van der Waals surface area contributed by atoms with Crippen LogP contribution in [0.5, 0.6) is 17.2 Å². The third-order valence-corrected chi connectivity index (χ3v) is 5.20. The minimum atomic E-state index is -0.512. The fourth-order valence-electron chi connectivity index (χ4n) is 2.79. The van der Waals surface area contributed by atoms with Gasteiger partial charge in [-0.2, -0.15) is 0 Å². The molecule has 0 aliphatic carbocycles. The van der Waals surface area contributed by atoms with Crippen molar-refractivity contribution in [2.24, 2.45) is 0 Å². The predicted molar refractivity (Wildman–Crippen MR) is 107 cm³/mol. The topological polar surface area (TPSA) is 99.9 Å². The molecule has 3 aromatic rings. The van der Waals surface area contributed by atoms with Gasteiger partial charge in [0.25, 0.3) is 11.6 Å². The van der Waals surface area contributed by atoms with Gasteiger partial charge >= 0.3 is 0 Å². The van der Waals surface area contributed by atoms with Crippen LogP contribution in [0.25, 0.3) is 0 Å². The van der Waals surface area contributed by atoms with Gasteiger partial charge < -0.3 is 19.5 Å². The summed E-state index contributed by atoms with van der Waals surface area (Å²) in [7, 11) is 0. The number of thiophene rings is 1. The minimum Gasteiger partial charge on any atom is -0.489 e. The molecule has 0 radical (unpaired) electrons. The largest absolute Gasteiger partial charge is 0.489 e. The van der Waals surface area contributed by atoms with Crippen LogP contribution in [-0.2, 0) is 6.61 Å². The van der Waals surface area contributed by atoms with Crippen molar-refractivity contribution in [2.75, 3.05) is 12.1 Å². The Hall–Kier alpha value is -3.59. The number of ether oxygens (including phenoxy) is 3. The van der Waals surface area contributed by atoms with Crippen LogP contribution >= 0.6 is 11.3 Å². The molecule has 9 heteroatoms. The van der Waals surface area contributed by atoms with E-state index in [1.165, 1.54) is 23.5 Å². The van der Waals surface area contributed by atoms with Crippen LogP contribution in [0.1, 0.15) is 20.8 Å². The Bertz CT molecular complexity index is 1090. The van der Waals surface area contributed by atoms with Crippen molar-refractivity contribution in [3.8, 4) is 17.2 Å². The van der Waals surface area contributed by atoms with Crippen molar-refractivity contribution in [3.63, 3.8) is 0 Å². The van der Waals surface area contributed by atoms with Crippen LogP contribution in [0.15, 0.2) is 47.8 Å². The molecule has 0 saturated heterocycles. The molecule has 148 valence electrons. The molecule has 4 rings (SSSR count). The van der Waals surface area contributed by atoms with E-state index in [4.69, 9.17) is 14.2 Å². The third kappa shape index (κ3) is 4.14. The summed E-state index contributed by atoms with van der Waals surface area (Å²) in [4.78, 5) is 23.6. The van der Waals surface area contributed by atoms with Crippen LogP contribution < -0.4 is 19.5 Å². The normalized spacial score (nSPS) is 11.9. The van der Waals surface area contributed by atoms with Gasteiger partial charge in [-0.05, 0) is 42.1 Å². The maximum absolute atomic E-state index is 12.5. The summed E-state index contributed by atoms with van der Waals surface area (Å²) in [5.74, 6) is 1.53. The number of nitrogens with zero attached hydrogens (tertiary/aromatic N) is 1. The second-order valence-corrected chi connectivity index (χ2v) is 7.27. The number of amides is 1. The highest BCUT2D eigenvalue weighted by atomic mass is 32.1. The summed E-state index contributed by atoms with van der Waals surface area (Å²) in [6.07, 6.45) is 0. The molecule has 8 nitrogen and oxygen atoms in total. The van der Waals surface area contributed by atoms with Crippen molar-refractivity contribution in [1.29, 1.82) is 0 Å². The summed E-state index contributed by atoms with van der Waals surface area (Å²) in [5.41, 5.74) is 1.59. The van der Waals surface area contributed by atoms with Crippen molar-refractivity contribution < 1.29 is 23.9 Å². The summed E-state index contributed by atoms with van der Waals surface area (Å²) >= 11 is 1.24. The lowest BCUT2D eigenvalue weighted by atomic mass is 10.2. The SMILES string of the molecule is Cc1ccc(NC(=O)c2cc(COc3ccc4c(c3)OCO4)cs2)c([N+](=O)[O-])c1. The van der Waals surface area contributed by atoms with E-state index in [-0.39, 0.29) is 24.8 Å². The van der Waals surface area contributed by atoms with E-state index in [0.29, 0.717) is 22.1 Å². The zero-order chi connectivity index (χ0) is 20.4. The van der Waals surface area contributed by atoms with Gasteiger partial charge in [0.05, 0.1) is 9.80 Å². The number of nitro benzene ring substituents is 1. The monoisotopic (exact) mass is 412 g/mol. The minimum absolute atomic E-state index is 0.138.